The van der Waals surface area contributed by atoms with Crippen molar-refractivity contribution in [3.63, 3.8) is 0 Å². The van der Waals surface area contributed by atoms with Crippen LogP contribution in [0.4, 0.5) is 0 Å². The van der Waals surface area contributed by atoms with E-state index >= 15 is 0 Å². The highest BCUT2D eigenvalue weighted by Crippen LogP contribution is 2.37. The van der Waals surface area contributed by atoms with Crippen molar-refractivity contribution in [3.05, 3.63) is 170 Å². The number of pyridine rings is 2. The van der Waals surface area contributed by atoms with E-state index < -0.39 is 0 Å². The number of aromatic nitrogens is 4. The van der Waals surface area contributed by atoms with E-state index in [1.807, 2.05) is 36.7 Å². The van der Waals surface area contributed by atoms with Crippen LogP contribution in [-0.4, -0.2) is 19.1 Å². The molecule has 4 heteroatoms. The smallest absolute Gasteiger partial charge is 0.0963 e. The molecule has 0 N–H and O–H groups in total. The third kappa shape index (κ3) is 4.38. The van der Waals surface area contributed by atoms with Gasteiger partial charge in [0.2, 0.25) is 0 Å². The standard InChI is InChI=1S/C44H30N4/c1-3-29-10-5-12-31(24-29)33-18-20-39-37(26-33)43-41(16-8-22-45-43)47(39)35-14-7-15-36(28-35)48-40-21-19-34(32-13-6-11-30(4-2)25-32)27-38(40)44-42(48)17-9-23-46-44/h3-28H,1-2H2. The number of hydrogen-bond acceptors (Lipinski definition) is 2. The minimum atomic E-state index is 0.980. The van der Waals surface area contributed by atoms with Crippen LogP contribution in [0, 0.1) is 0 Å². The van der Waals surface area contributed by atoms with Crippen LogP contribution in [0.1, 0.15) is 11.1 Å². The van der Waals surface area contributed by atoms with Crippen LogP contribution in [0.5, 0.6) is 0 Å². The number of rotatable bonds is 6. The van der Waals surface area contributed by atoms with E-state index in [9.17, 15) is 0 Å². The van der Waals surface area contributed by atoms with Crippen molar-refractivity contribution in [1.82, 2.24) is 19.1 Å². The van der Waals surface area contributed by atoms with Crippen LogP contribution in [0.2, 0.25) is 0 Å². The highest BCUT2D eigenvalue weighted by atomic mass is 15.0. The van der Waals surface area contributed by atoms with Crippen molar-refractivity contribution in [2.45, 2.75) is 0 Å². The molecule has 0 aliphatic heterocycles. The van der Waals surface area contributed by atoms with Gasteiger partial charge in [0.05, 0.1) is 33.1 Å². The van der Waals surface area contributed by atoms with E-state index in [0.29, 0.717) is 0 Å². The summed E-state index contributed by atoms with van der Waals surface area (Å²) in [6, 6.07) is 47.4. The molecule has 9 aromatic rings. The van der Waals surface area contributed by atoms with Gasteiger partial charge in [-0.15, -0.1) is 0 Å². The molecule has 0 atom stereocenters. The first-order valence-corrected chi connectivity index (χ1v) is 16.0. The van der Waals surface area contributed by atoms with Crippen molar-refractivity contribution < 1.29 is 0 Å². The fourth-order valence-corrected chi connectivity index (χ4v) is 7.05. The number of hydrogen-bond donors (Lipinski definition) is 0. The molecule has 0 fully saturated rings. The Balaban J connectivity index is 1.23. The van der Waals surface area contributed by atoms with Gasteiger partial charge in [0, 0.05) is 34.5 Å². The first-order chi connectivity index (χ1) is 23.7. The zero-order valence-corrected chi connectivity index (χ0v) is 26.2. The molecule has 0 saturated heterocycles. The summed E-state index contributed by atoms with van der Waals surface area (Å²) in [4.78, 5) is 9.73. The predicted molar refractivity (Wildman–Crippen MR) is 202 cm³/mol. The van der Waals surface area contributed by atoms with Crippen molar-refractivity contribution in [3.8, 4) is 33.6 Å². The van der Waals surface area contributed by atoms with Gasteiger partial charge in [-0.2, -0.15) is 0 Å². The van der Waals surface area contributed by atoms with E-state index in [1.54, 1.807) is 0 Å². The lowest BCUT2D eigenvalue weighted by atomic mass is 10.0. The fraction of sp³-hybridized carbons (Fsp3) is 0. The summed E-state index contributed by atoms with van der Waals surface area (Å²) in [6.07, 6.45) is 7.52. The van der Waals surface area contributed by atoms with Gasteiger partial charge in [0.25, 0.3) is 0 Å². The van der Waals surface area contributed by atoms with Crippen LogP contribution < -0.4 is 0 Å². The summed E-state index contributed by atoms with van der Waals surface area (Å²) in [5.74, 6) is 0. The lowest BCUT2D eigenvalue weighted by Crippen LogP contribution is -1.98. The third-order valence-corrected chi connectivity index (χ3v) is 9.30. The number of nitrogens with zero attached hydrogens (tertiary/aromatic N) is 4. The molecule has 0 amide bonds. The van der Waals surface area contributed by atoms with E-state index in [4.69, 9.17) is 9.97 Å². The Morgan fingerprint density at radius 3 is 1.35 bits per heavy atom. The normalized spacial score (nSPS) is 11.5. The Morgan fingerprint density at radius 2 is 0.875 bits per heavy atom. The van der Waals surface area contributed by atoms with Crippen molar-refractivity contribution in [2.75, 3.05) is 0 Å². The summed E-state index contributed by atoms with van der Waals surface area (Å²) < 4.78 is 4.64. The molecule has 5 aromatic carbocycles. The second-order valence-corrected chi connectivity index (χ2v) is 12.1. The minimum absolute atomic E-state index is 0.980. The van der Waals surface area contributed by atoms with Crippen molar-refractivity contribution in [2.24, 2.45) is 0 Å². The Kier molecular flexibility index (Phi) is 6.41. The quantitative estimate of drug-likeness (QED) is 0.187. The molecule has 9 rings (SSSR count). The number of fused-ring (bicyclic) bond motifs is 6. The molecule has 0 saturated carbocycles. The van der Waals surface area contributed by atoms with Crippen LogP contribution >= 0.6 is 0 Å². The van der Waals surface area contributed by atoms with Gasteiger partial charge in [0.15, 0.2) is 0 Å². The summed E-state index contributed by atoms with van der Waals surface area (Å²) in [6.45, 7) is 7.91. The zero-order chi connectivity index (χ0) is 32.2. The molecule has 0 aliphatic carbocycles. The highest BCUT2D eigenvalue weighted by Gasteiger charge is 2.18. The monoisotopic (exact) mass is 614 g/mol. The van der Waals surface area contributed by atoms with Gasteiger partial charge >= 0.3 is 0 Å². The molecule has 4 nitrogen and oxygen atoms in total. The van der Waals surface area contributed by atoms with Crippen LogP contribution in [0.25, 0.3) is 89.7 Å². The molecule has 0 radical (unpaired) electrons. The van der Waals surface area contributed by atoms with Gasteiger partial charge in [-0.25, -0.2) is 0 Å². The number of benzene rings is 5. The maximum atomic E-state index is 4.87. The van der Waals surface area contributed by atoms with Gasteiger partial charge in [0.1, 0.15) is 0 Å². The molecule has 4 heterocycles. The SMILES string of the molecule is C=Cc1cccc(-c2ccc3c(c2)c2ncccc2n3-c2cccc(-n3c4ccc(-c5cccc(C=C)c5)cc4c4ncccc43)c2)c1. The minimum Gasteiger partial charge on any atom is -0.308 e. The zero-order valence-electron chi connectivity index (χ0n) is 26.2. The Labute approximate surface area is 278 Å². The maximum absolute atomic E-state index is 4.87. The van der Waals surface area contributed by atoms with Crippen LogP contribution in [0.15, 0.2) is 159 Å². The van der Waals surface area contributed by atoms with Crippen LogP contribution in [0.3, 0.4) is 0 Å². The Morgan fingerprint density at radius 1 is 0.417 bits per heavy atom. The second-order valence-electron chi connectivity index (χ2n) is 12.1. The summed E-state index contributed by atoms with van der Waals surface area (Å²) in [5.41, 5.74) is 15.3. The van der Waals surface area contributed by atoms with Gasteiger partial charge in [-0.3, -0.25) is 9.97 Å². The Hall–Kier alpha value is -6.52. The molecule has 226 valence electrons. The Bertz CT molecular complexity index is 2540. The lowest BCUT2D eigenvalue weighted by molar-refractivity contribution is 1.13. The lowest BCUT2D eigenvalue weighted by Gasteiger charge is -2.13. The molecule has 0 aliphatic rings. The molecule has 4 aromatic heterocycles. The molecule has 0 bridgehead atoms. The molecular formula is C44H30N4. The first-order valence-electron chi connectivity index (χ1n) is 16.0. The summed E-state index contributed by atoms with van der Waals surface area (Å²) >= 11 is 0. The second kappa shape index (κ2) is 11.1. The van der Waals surface area contributed by atoms with Crippen LogP contribution in [-0.2, 0) is 0 Å². The largest absolute Gasteiger partial charge is 0.308 e. The van der Waals surface area contributed by atoms with Gasteiger partial charge < -0.3 is 9.13 Å². The highest BCUT2D eigenvalue weighted by molar-refractivity contribution is 6.10. The summed E-state index contributed by atoms with van der Waals surface area (Å²) in [5, 5.41) is 2.23. The van der Waals surface area contributed by atoms with Crippen molar-refractivity contribution >= 4 is 56.0 Å². The molecular weight excluding hydrogens is 585 g/mol. The van der Waals surface area contributed by atoms with E-state index in [1.165, 1.54) is 0 Å². The third-order valence-electron chi connectivity index (χ3n) is 9.30. The fourth-order valence-electron chi connectivity index (χ4n) is 7.05. The van der Waals surface area contributed by atoms with E-state index in [2.05, 4.69) is 144 Å². The van der Waals surface area contributed by atoms with E-state index in [-0.39, 0.29) is 0 Å². The van der Waals surface area contributed by atoms with Gasteiger partial charge in [-0.1, -0.05) is 79.9 Å². The van der Waals surface area contributed by atoms with E-state index in [0.717, 1.165) is 88.6 Å². The summed E-state index contributed by atoms with van der Waals surface area (Å²) in [7, 11) is 0. The average Bonchev–Trinajstić information content (AvgIpc) is 3.67. The van der Waals surface area contributed by atoms with Gasteiger partial charge in [-0.05, 0) is 112 Å². The molecule has 0 spiro atoms. The molecule has 0 unspecified atom stereocenters. The van der Waals surface area contributed by atoms with Crippen molar-refractivity contribution in [1.29, 1.82) is 0 Å². The first kappa shape index (κ1) is 27.8. The topological polar surface area (TPSA) is 35.6 Å². The maximum Gasteiger partial charge on any atom is 0.0963 e. The predicted octanol–water partition coefficient (Wildman–Crippen LogP) is 11.3. The molecule has 48 heavy (non-hydrogen) atoms. The average molecular weight is 615 g/mol.